The summed E-state index contributed by atoms with van der Waals surface area (Å²) >= 11 is 9.48. The van der Waals surface area contributed by atoms with Gasteiger partial charge in [-0.15, -0.1) is 0 Å². The minimum atomic E-state index is 0.182. The van der Waals surface area contributed by atoms with Gasteiger partial charge in [0, 0.05) is 34.7 Å². The Morgan fingerprint density at radius 3 is 2.56 bits per heavy atom. The lowest BCUT2D eigenvalue weighted by Crippen LogP contribution is -2.40. The van der Waals surface area contributed by atoms with E-state index in [-0.39, 0.29) is 5.54 Å². The third kappa shape index (κ3) is 6.19. The summed E-state index contributed by atoms with van der Waals surface area (Å²) in [5, 5.41) is 4.25. The van der Waals surface area contributed by atoms with E-state index in [1.54, 1.807) is 0 Å². The molecule has 1 aromatic rings. The molecular weight excluding hydrogens is 312 g/mol. The molecule has 0 aliphatic heterocycles. The molecule has 4 heteroatoms. The number of rotatable bonds is 5. The summed E-state index contributed by atoms with van der Waals surface area (Å²) in [6.07, 6.45) is 0. The van der Waals surface area contributed by atoms with Gasteiger partial charge < -0.3 is 10.2 Å². The van der Waals surface area contributed by atoms with Crippen molar-refractivity contribution in [3.63, 3.8) is 0 Å². The monoisotopic (exact) mass is 332 g/mol. The van der Waals surface area contributed by atoms with Crippen LogP contribution in [0.1, 0.15) is 26.3 Å². The molecule has 0 unspecified atom stereocenters. The number of hydrogen-bond acceptors (Lipinski definition) is 2. The highest BCUT2D eigenvalue weighted by molar-refractivity contribution is 9.10. The van der Waals surface area contributed by atoms with Crippen molar-refractivity contribution >= 4 is 27.5 Å². The van der Waals surface area contributed by atoms with Crippen molar-refractivity contribution < 1.29 is 0 Å². The maximum atomic E-state index is 5.93. The van der Waals surface area contributed by atoms with E-state index in [0.717, 1.165) is 29.1 Å². The van der Waals surface area contributed by atoms with Crippen LogP contribution in [0.15, 0.2) is 22.7 Å². The van der Waals surface area contributed by atoms with Crippen molar-refractivity contribution in [1.82, 2.24) is 10.2 Å². The maximum absolute atomic E-state index is 5.93. The molecule has 0 atom stereocenters. The third-order valence-electron chi connectivity index (χ3n) is 2.60. The average Bonchev–Trinajstić information content (AvgIpc) is 2.20. The van der Waals surface area contributed by atoms with Crippen molar-refractivity contribution in [1.29, 1.82) is 0 Å². The lowest BCUT2D eigenvalue weighted by molar-refractivity contribution is 0.303. The molecule has 0 radical (unpaired) electrons. The maximum Gasteiger partial charge on any atom is 0.0417 e. The first-order valence-electron chi connectivity index (χ1n) is 6.15. The Hall–Kier alpha value is -0.0900. The third-order valence-corrected chi connectivity index (χ3v) is 3.58. The zero-order valence-electron chi connectivity index (χ0n) is 11.6. The van der Waals surface area contributed by atoms with Gasteiger partial charge in [-0.1, -0.05) is 33.6 Å². The summed E-state index contributed by atoms with van der Waals surface area (Å²) < 4.78 is 1.07. The molecule has 0 bridgehead atoms. The fourth-order valence-electron chi connectivity index (χ4n) is 1.64. The van der Waals surface area contributed by atoms with E-state index in [1.807, 2.05) is 12.1 Å². The molecule has 1 rings (SSSR count). The van der Waals surface area contributed by atoms with E-state index in [2.05, 4.69) is 60.0 Å². The van der Waals surface area contributed by atoms with E-state index in [9.17, 15) is 0 Å². The molecule has 0 saturated heterocycles. The Labute approximate surface area is 124 Å². The number of likely N-dealkylation sites (N-methyl/N-ethyl adjacent to an activating group) is 1. The zero-order valence-corrected chi connectivity index (χ0v) is 13.9. The van der Waals surface area contributed by atoms with Crippen LogP contribution in [0.25, 0.3) is 0 Å². The lowest BCUT2D eigenvalue weighted by Gasteiger charge is -2.23. The van der Waals surface area contributed by atoms with Gasteiger partial charge in [0.05, 0.1) is 0 Å². The molecule has 0 aromatic heterocycles. The normalized spacial score (nSPS) is 12.2. The minimum Gasteiger partial charge on any atom is -0.311 e. The molecular formula is C14H22BrClN2. The van der Waals surface area contributed by atoms with Gasteiger partial charge in [-0.3, -0.25) is 0 Å². The molecule has 1 N–H and O–H groups in total. The highest BCUT2D eigenvalue weighted by Gasteiger charge is 2.09. The largest absolute Gasteiger partial charge is 0.311 e. The van der Waals surface area contributed by atoms with Gasteiger partial charge in [0.2, 0.25) is 0 Å². The van der Waals surface area contributed by atoms with Crippen molar-refractivity contribution in [3.8, 4) is 0 Å². The Bertz CT molecular complexity index is 388. The summed E-state index contributed by atoms with van der Waals surface area (Å²) in [6.45, 7) is 9.48. The smallest absolute Gasteiger partial charge is 0.0417 e. The van der Waals surface area contributed by atoms with Crippen LogP contribution >= 0.6 is 27.5 Å². The van der Waals surface area contributed by atoms with Crippen molar-refractivity contribution in [3.05, 3.63) is 33.3 Å². The van der Waals surface area contributed by atoms with Crippen molar-refractivity contribution in [2.45, 2.75) is 32.9 Å². The van der Waals surface area contributed by atoms with Crippen LogP contribution in [0.2, 0.25) is 5.02 Å². The van der Waals surface area contributed by atoms with E-state index in [4.69, 9.17) is 11.6 Å². The quantitative estimate of drug-likeness (QED) is 0.878. The molecule has 0 spiro atoms. The van der Waals surface area contributed by atoms with Crippen LogP contribution in [0.3, 0.4) is 0 Å². The lowest BCUT2D eigenvalue weighted by atomic mass is 10.1. The Balaban J connectivity index is 2.42. The van der Waals surface area contributed by atoms with Gasteiger partial charge in [0.25, 0.3) is 0 Å². The van der Waals surface area contributed by atoms with E-state index in [1.165, 1.54) is 5.56 Å². The zero-order chi connectivity index (χ0) is 13.8. The topological polar surface area (TPSA) is 15.3 Å². The first-order valence-corrected chi connectivity index (χ1v) is 7.32. The summed E-state index contributed by atoms with van der Waals surface area (Å²) in [5.74, 6) is 0. The Kier molecular flexibility index (Phi) is 6.12. The van der Waals surface area contributed by atoms with Gasteiger partial charge in [0.1, 0.15) is 0 Å². The molecule has 102 valence electrons. The summed E-state index contributed by atoms with van der Waals surface area (Å²) in [6, 6.07) is 5.95. The van der Waals surface area contributed by atoms with Gasteiger partial charge in [-0.05, 0) is 45.5 Å². The molecule has 0 aliphatic rings. The second kappa shape index (κ2) is 6.90. The SMILES string of the molecule is CN(CCNC(C)(C)C)Cc1ccc(Cl)cc1Br. The van der Waals surface area contributed by atoms with E-state index < -0.39 is 0 Å². The van der Waals surface area contributed by atoms with Crippen molar-refractivity contribution in [2.24, 2.45) is 0 Å². The average molecular weight is 334 g/mol. The number of halogens is 2. The molecule has 2 nitrogen and oxygen atoms in total. The van der Waals surface area contributed by atoms with Gasteiger partial charge in [-0.2, -0.15) is 0 Å². The molecule has 18 heavy (non-hydrogen) atoms. The van der Waals surface area contributed by atoms with Gasteiger partial charge in [0.15, 0.2) is 0 Å². The van der Waals surface area contributed by atoms with Crippen LogP contribution in [-0.2, 0) is 6.54 Å². The Morgan fingerprint density at radius 2 is 2.00 bits per heavy atom. The first-order chi connectivity index (χ1) is 8.28. The predicted octanol–water partition coefficient (Wildman–Crippen LogP) is 3.92. The number of benzene rings is 1. The summed E-state index contributed by atoms with van der Waals surface area (Å²) in [5.41, 5.74) is 1.44. The molecule has 0 fully saturated rings. The van der Waals surface area contributed by atoms with Crippen LogP contribution in [0.4, 0.5) is 0 Å². The highest BCUT2D eigenvalue weighted by atomic mass is 79.9. The number of nitrogens with one attached hydrogen (secondary N) is 1. The first kappa shape index (κ1) is 16.0. The minimum absolute atomic E-state index is 0.182. The molecule has 0 aliphatic carbocycles. The van der Waals surface area contributed by atoms with E-state index >= 15 is 0 Å². The van der Waals surface area contributed by atoms with Crippen LogP contribution in [0, 0.1) is 0 Å². The standard InChI is InChI=1S/C14H22BrClN2/c1-14(2,3)17-7-8-18(4)10-11-5-6-12(16)9-13(11)15/h5-6,9,17H,7-8,10H2,1-4H3. The second-order valence-electron chi connectivity index (χ2n) is 5.65. The fraction of sp³-hybridized carbons (Fsp3) is 0.571. The summed E-state index contributed by atoms with van der Waals surface area (Å²) in [4.78, 5) is 2.30. The summed E-state index contributed by atoms with van der Waals surface area (Å²) in [7, 11) is 2.13. The van der Waals surface area contributed by atoms with Crippen LogP contribution < -0.4 is 5.32 Å². The van der Waals surface area contributed by atoms with Crippen LogP contribution in [-0.4, -0.2) is 30.6 Å². The fourth-order valence-corrected chi connectivity index (χ4v) is 2.45. The molecule has 0 saturated carbocycles. The number of hydrogen-bond donors (Lipinski definition) is 1. The van der Waals surface area contributed by atoms with E-state index in [0.29, 0.717) is 0 Å². The second-order valence-corrected chi connectivity index (χ2v) is 6.94. The molecule has 1 aromatic carbocycles. The molecule has 0 amide bonds. The Morgan fingerprint density at radius 1 is 1.33 bits per heavy atom. The number of nitrogens with zero attached hydrogens (tertiary/aromatic N) is 1. The molecule has 0 heterocycles. The van der Waals surface area contributed by atoms with Crippen molar-refractivity contribution in [2.75, 3.05) is 20.1 Å². The van der Waals surface area contributed by atoms with Crippen LogP contribution in [0.5, 0.6) is 0 Å². The van der Waals surface area contributed by atoms with Gasteiger partial charge >= 0.3 is 0 Å². The highest BCUT2D eigenvalue weighted by Crippen LogP contribution is 2.22. The van der Waals surface area contributed by atoms with Gasteiger partial charge in [-0.25, -0.2) is 0 Å². The predicted molar refractivity (Wildman–Crippen MR) is 83.2 cm³/mol.